The highest BCUT2D eigenvalue weighted by Crippen LogP contribution is 2.28. The van der Waals surface area contributed by atoms with Gasteiger partial charge in [0.15, 0.2) is 4.47 Å². The van der Waals surface area contributed by atoms with Crippen molar-refractivity contribution in [3.8, 4) is 0 Å². The van der Waals surface area contributed by atoms with E-state index in [1.165, 1.54) is 28.8 Å². The first kappa shape index (κ1) is 15.7. The maximum absolute atomic E-state index is 12.4. The van der Waals surface area contributed by atoms with Crippen molar-refractivity contribution < 1.29 is 13.5 Å². The maximum Gasteiger partial charge on any atom is 0.242 e. The van der Waals surface area contributed by atoms with E-state index >= 15 is 0 Å². The lowest BCUT2D eigenvalue weighted by molar-refractivity contribution is 0.177. The number of nitrogens with zero attached hydrogens (tertiary/aromatic N) is 2. The summed E-state index contributed by atoms with van der Waals surface area (Å²) in [4.78, 5) is 4.29. The van der Waals surface area contributed by atoms with Crippen molar-refractivity contribution in [1.82, 2.24) is 9.29 Å². The summed E-state index contributed by atoms with van der Waals surface area (Å²) in [6.07, 6.45) is -0.139. The zero-order valence-electron chi connectivity index (χ0n) is 11.1. The molecule has 0 unspecified atom stereocenters. The van der Waals surface area contributed by atoms with Gasteiger partial charge in [-0.05, 0) is 31.5 Å². The van der Waals surface area contributed by atoms with E-state index in [9.17, 15) is 13.5 Å². The quantitative estimate of drug-likeness (QED) is 0.911. The van der Waals surface area contributed by atoms with Gasteiger partial charge < -0.3 is 5.11 Å². The molecule has 0 aliphatic heterocycles. The Morgan fingerprint density at radius 2 is 2.20 bits per heavy atom. The van der Waals surface area contributed by atoms with E-state index in [1.807, 2.05) is 0 Å². The van der Waals surface area contributed by atoms with Crippen molar-refractivity contribution in [3.63, 3.8) is 0 Å². The topological polar surface area (TPSA) is 70.5 Å². The molecule has 0 aliphatic carbocycles. The molecular formula is C12H15ClN2O3S2. The first-order valence-electron chi connectivity index (χ1n) is 6.01. The molecule has 1 aromatic heterocycles. The van der Waals surface area contributed by atoms with Gasteiger partial charge in [-0.2, -0.15) is 0 Å². The first-order valence-corrected chi connectivity index (χ1v) is 8.64. The number of hydrogen-bond donors (Lipinski definition) is 1. The lowest BCUT2D eigenvalue weighted by Gasteiger charge is -2.17. The fourth-order valence-corrected chi connectivity index (χ4v) is 4.06. The van der Waals surface area contributed by atoms with Gasteiger partial charge in [-0.25, -0.2) is 17.7 Å². The number of aromatic nitrogens is 1. The van der Waals surface area contributed by atoms with Crippen LogP contribution >= 0.6 is 22.9 Å². The molecule has 0 bridgehead atoms. The summed E-state index contributed by atoms with van der Waals surface area (Å²) in [5.74, 6) is 0. The van der Waals surface area contributed by atoms with Crippen LogP contribution in [-0.4, -0.2) is 42.5 Å². The second-order valence-electron chi connectivity index (χ2n) is 4.56. The number of sulfonamides is 1. The smallest absolute Gasteiger partial charge is 0.242 e. The Morgan fingerprint density at radius 3 is 2.85 bits per heavy atom. The average molecular weight is 335 g/mol. The van der Waals surface area contributed by atoms with E-state index in [4.69, 9.17) is 11.6 Å². The monoisotopic (exact) mass is 334 g/mol. The van der Waals surface area contributed by atoms with Gasteiger partial charge in [0, 0.05) is 13.6 Å². The number of aliphatic hydroxyl groups excluding tert-OH is 1. The molecular weight excluding hydrogens is 320 g/mol. The predicted octanol–water partition coefficient (Wildman–Crippen LogP) is 2.34. The Morgan fingerprint density at radius 1 is 1.50 bits per heavy atom. The number of benzene rings is 1. The summed E-state index contributed by atoms with van der Waals surface area (Å²) in [5.41, 5.74) is 0.686. The van der Waals surface area contributed by atoms with Crippen molar-refractivity contribution in [2.75, 3.05) is 13.6 Å². The van der Waals surface area contributed by atoms with Gasteiger partial charge >= 0.3 is 0 Å². The van der Waals surface area contributed by atoms with Gasteiger partial charge in [-0.3, -0.25) is 0 Å². The molecule has 2 aromatic rings. The molecule has 1 N–H and O–H groups in total. The summed E-state index contributed by atoms with van der Waals surface area (Å²) in [6, 6.07) is 4.74. The summed E-state index contributed by atoms with van der Waals surface area (Å²) in [7, 11) is -2.06. The molecule has 1 atom stereocenters. The van der Waals surface area contributed by atoms with Crippen LogP contribution in [-0.2, 0) is 10.0 Å². The SMILES string of the molecule is C[C@@H](O)CCN(C)S(=O)(=O)c1ccc2nc(Cl)sc2c1. The molecule has 1 heterocycles. The minimum Gasteiger partial charge on any atom is -0.393 e. The summed E-state index contributed by atoms with van der Waals surface area (Å²) >= 11 is 7.06. The Kier molecular flexibility index (Phi) is 4.66. The molecule has 0 spiro atoms. The third kappa shape index (κ3) is 3.29. The van der Waals surface area contributed by atoms with E-state index in [0.717, 1.165) is 4.70 Å². The lowest BCUT2D eigenvalue weighted by atomic mass is 10.3. The van der Waals surface area contributed by atoms with Crippen LogP contribution in [0.1, 0.15) is 13.3 Å². The van der Waals surface area contributed by atoms with Crippen LogP contribution in [0, 0.1) is 0 Å². The molecule has 0 radical (unpaired) electrons. The van der Waals surface area contributed by atoms with Gasteiger partial charge in [0.1, 0.15) is 0 Å². The zero-order valence-corrected chi connectivity index (χ0v) is 13.5. The highest BCUT2D eigenvalue weighted by molar-refractivity contribution is 7.89. The van der Waals surface area contributed by atoms with E-state index < -0.39 is 16.1 Å². The van der Waals surface area contributed by atoms with Crippen molar-refractivity contribution in [2.24, 2.45) is 0 Å². The van der Waals surface area contributed by atoms with Crippen LogP contribution in [0.5, 0.6) is 0 Å². The number of rotatable bonds is 5. The predicted molar refractivity (Wildman–Crippen MR) is 80.7 cm³/mol. The normalized spacial score (nSPS) is 14.1. The van der Waals surface area contributed by atoms with Gasteiger partial charge in [0.2, 0.25) is 10.0 Å². The highest BCUT2D eigenvalue weighted by atomic mass is 35.5. The van der Waals surface area contributed by atoms with Crippen molar-refractivity contribution in [1.29, 1.82) is 0 Å². The lowest BCUT2D eigenvalue weighted by Crippen LogP contribution is -2.29. The third-order valence-corrected chi connectivity index (χ3v) is 5.88. The van der Waals surface area contributed by atoms with Crippen molar-refractivity contribution in [2.45, 2.75) is 24.3 Å². The average Bonchev–Trinajstić information content (AvgIpc) is 2.74. The zero-order chi connectivity index (χ0) is 14.9. The fraction of sp³-hybridized carbons (Fsp3) is 0.417. The molecule has 0 fully saturated rings. The van der Waals surface area contributed by atoms with Crippen LogP contribution in [0.25, 0.3) is 10.2 Å². The largest absolute Gasteiger partial charge is 0.393 e. The molecule has 0 saturated carbocycles. The first-order chi connectivity index (χ1) is 9.30. The van der Waals surface area contributed by atoms with Gasteiger partial charge in [0.25, 0.3) is 0 Å². The van der Waals surface area contributed by atoms with Crippen LogP contribution in [0.4, 0.5) is 0 Å². The Hall–Kier alpha value is -0.730. The molecule has 8 heteroatoms. The minimum absolute atomic E-state index is 0.207. The van der Waals surface area contributed by atoms with Crippen LogP contribution in [0.15, 0.2) is 23.1 Å². The molecule has 2 rings (SSSR count). The maximum atomic E-state index is 12.4. The van der Waals surface area contributed by atoms with Gasteiger partial charge in [-0.15, -0.1) is 11.3 Å². The van der Waals surface area contributed by atoms with E-state index in [2.05, 4.69) is 4.98 Å². The van der Waals surface area contributed by atoms with Crippen LogP contribution in [0.2, 0.25) is 4.47 Å². The second kappa shape index (κ2) is 5.95. The molecule has 20 heavy (non-hydrogen) atoms. The highest BCUT2D eigenvalue weighted by Gasteiger charge is 2.21. The van der Waals surface area contributed by atoms with Gasteiger partial charge in [-0.1, -0.05) is 11.6 Å². The van der Waals surface area contributed by atoms with Crippen LogP contribution in [0.3, 0.4) is 0 Å². The molecule has 110 valence electrons. The summed E-state index contributed by atoms with van der Waals surface area (Å²) in [5, 5.41) is 9.24. The van der Waals surface area contributed by atoms with E-state index in [-0.39, 0.29) is 11.4 Å². The fourth-order valence-electron chi connectivity index (χ4n) is 1.71. The number of hydrogen-bond acceptors (Lipinski definition) is 5. The minimum atomic E-state index is -3.56. The van der Waals surface area contributed by atoms with E-state index in [1.54, 1.807) is 19.1 Å². The number of fused-ring (bicyclic) bond motifs is 1. The molecule has 1 aromatic carbocycles. The number of aliphatic hydroxyl groups is 1. The Bertz CT molecular complexity index is 713. The van der Waals surface area contributed by atoms with Crippen molar-refractivity contribution >= 4 is 43.2 Å². The molecule has 0 saturated heterocycles. The number of thiazole rings is 1. The van der Waals surface area contributed by atoms with Crippen LogP contribution < -0.4 is 0 Å². The molecule has 0 amide bonds. The summed E-state index contributed by atoms with van der Waals surface area (Å²) < 4.78 is 27.1. The molecule has 0 aliphatic rings. The third-order valence-electron chi connectivity index (χ3n) is 2.90. The standard InChI is InChI=1S/C12H15ClN2O3S2/c1-8(16)5-6-15(2)20(17,18)9-3-4-10-11(7-9)19-12(13)14-10/h3-4,7-8,16H,5-6H2,1-2H3/t8-/m1/s1. The number of halogens is 1. The van der Waals surface area contributed by atoms with Gasteiger partial charge in [0.05, 0.1) is 21.2 Å². The Labute approximate surface area is 126 Å². The molecule has 5 nitrogen and oxygen atoms in total. The van der Waals surface area contributed by atoms with Crippen molar-refractivity contribution in [3.05, 3.63) is 22.7 Å². The van der Waals surface area contributed by atoms with E-state index in [0.29, 0.717) is 16.4 Å². The Balaban J connectivity index is 2.30. The second-order valence-corrected chi connectivity index (χ2v) is 8.22. The summed E-state index contributed by atoms with van der Waals surface area (Å²) in [6.45, 7) is 1.90.